The molecule has 0 aliphatic carbocycles. The van der Waals surface area contributed by atoms with Gasteiger partial charge in [-0.3, -0.25) is 9.59 Å². The zero-order valence-electron chi connectivity index (χ0n) is 16.1. The lowest BCUT2D eigenvalue weighted by molar-refractivity contribution is -0.142. The van der Waals surface area contributed by atoms with Crippen molar-refractivity contribution in [3.8, 4) is 0 Å². The fourth-order valence-corrected chi connectivity index (χ4v) is 4.50. The molecule has 1 aromatic carbocycles. The van der Waals surface area contributed by atoms with Gasteiger partial charge in [0.1, 0.15) is 12.2 Å². The predicted octanol–water partition coefficient (Wildman–Crippen LogP) is 2.22. The van der Waals surface area contributed by atoms with Crippen molar-refractivity contribution in [2.75, 3.05) is 14.1 Å². The molecule has 0 unspecified atom stereocenters. The summed E-state index contributed by atoms with van der Waals surface area (Å²) in [5.41, 5.74) is 6.35. The molecular formula is C20H26F3N3O2. The molecule has 3 rings (SSSR count). The van der Waals surface area contributed by atoms with Crippen molar-refractivity contribution in [3.63, 3.8) is 0 Å². The van der Waals surface area contributed by atoms with E-state index in [1.165, 1.54) is 4.90 Å². The van der Waals surface area contributed by atoms with Crippen LogP contribution in [0, 0.1) is 23.4 Å². The van der Waals surface area contributed by atoms with Crippen LogP contribution < -0.4 is 5.73 Å². The first-order valence-corrected chi connectivity index (χ1v) is 9.57. The molecule has 28 heavy (non-hydrogen) atoms. The lowest BCUT2D eigenvalue weighted by Gasteiger charge is -2.41. The predicted molar refractivity (Wildman–Crippen MR) is 97.7 cm³/mol. The SMILES string of the molecule is CN(C)C(=O)CC(=O)N1[C@@H]2CC[C@H]1C[C@H]([C@H](N)Cc1cc(F)c(F)cc1F)C2. The lowest BCUT2D eigenvalue weighted by atomic mass is 9.82. The van der Waals surface area contributed by atoms with Gasteiger partial charge >= 0.3 is 0 Å². The number of rotatable bonds is 5. The van der Waals surface area contributed by atoms with Gasteiger partial charge in [-0.25, -0.2) is 13.2 Å². The van der Waals surface area contributed by atoms with Crippen LogP contribution in [0.25, 0.3) is 0 Å². The average molecular weight is 397 g/mol. The molecule has 0 radical (unpaired) electrons. The van der Waals surface area contributed by atoms with Gasteiger partial charge in [-0.2, -0.15) is 0 Å². The Labute approximate surface area is 162 Å². The third kappa shape index (κ3) is 4.16. The number of amides is 2. The van der Waals surface area contributed by atoms with Gasteiger partial charge in [0.05, 0.1) is 0 Å². The Morgan fingerprint density at radius 3 is 2.25 bits per heavy atom. The van der Waals surface area contributed by atoms with Gasteiger partial charge in [0.15, 0.2) is 11.6 Å². The van der Waals surface area contributed by atoms with E-state index in [0.29, 0.717) is 18.9 Å². The summed E-state index contributed by atoms with van der Waals surface area (Å²) in [6.07, 6.45) is 3.03. The van der Waals surface area contributed by atoms with Crippen LogP contribution in [0.15, 0.2) is 12.1 Å². The van der Waals surface area contributed by atoms with Crippen LogP contribution in [-0.4, -0.2) is 53.8 Å². The number of halogens is 3. The standard InChI is InChI=1S/C20H26F3N3O2/c1-25(2)19(27)10-20(28)26-13-3-4-14(26)6-12(5-13)18(24)8-11-7-16(22)17(23)9-15(11)21/h7,9,12-14,18H,3-6,8,10,24H2,1-2H3/t12-,13-,14+,18-/m1/s1. The Morgan fingerprint density at radius 1 is 1.11 bits per heavy atom. The van der Waals surface area contributed by atoms with Crippen molar-refractivity contribution in [2.24, 2.45) is 11.7 Å². The van der Waals surface area contributed by atoms with Gasteiger partial charge in [0.2, 0.25) is 11.8 Å². The number of fused-ring (bicyclic) bond motifs is 2. The number of carbonyl (C=O) groups excluding carboxylic acids is 2. The summed E-state index contributed by atoms with van der Waals surface area (Å²) in [6, 6.07) is 1.04. The molecule has 1 aromatic rings. The van der Waals surface area contributed by atoms with E-state index in [9.17, 15) is 22.8 Å². The van der Waals surface area contributed by atoms with Crippen LogP contribution in [0.4, 0.5) is 13.2 Å². The molecule has 5 nitrogen and oxygen atoms in total. The summed E-state index contributed by atoms with van der Waals surface area (Å²) in [5.74, 6) is -3.44. The number of benzene rings is 1. The summed E-state index contributed by atoms with van der Waals surface area (Å²) >= 11 is 0. The van der Waals surface area contributed by atoms with Crippen molar-refractivity contribution in [1.82, 2.24) is 9.80 Å². The normalized spacial score (nSPS) is 24.9. The van der Waals surface area contributed by atoms with E-state index in [1.54, 1.807) is 14.1 Å². The summed E-state index contributed by atoms with van der Waals surface area (Å²) < 4.78 is 40.5. The molecule has 2 N–H and O–H groups in total. The van der Waals surface area contributed by atoms with Gasteiger partial charge in [-0.1, -0.05) is 0 Å². The Hall–Kier alpha value is -2.09. The first-order chi connectivity index (χ1) is 13.2. The molecule has 154 valence electrons. The number of hydrogen-bond acceptors (Lipinski definition) is 3. The van der Waals surface area contributed by atoms with E-state index >= 15 is 0 Å². The largest absolute Gasteiger partial charge is 0.348 e. The van der Waals surface area contributed by atoms with Crippen molar-refractivity contribution >= 4 is 11.8 Å². The summed E-state index contributed by atoms with van der Waals surface area (Å²) in [4.78, 5) is 27.7. The molecule has 8 heteroatoms. The van der Waals surface area contributed by atoms with Crippen LogP contribution in [0.2, 0.25) is 0 Å². The number of piperidine rings is 1. The number of nitrogens with zero attached hydrogens (tertiary/aromatic N) is 2. The van der Waals surface area contributed by atoms with Crippen molar-refractivity contribution in [3.05, 3.63) is 35.1 Å². The van der Waals surface area contributed by atoms with Crippen LogP contribution >= 0.6 is 0 Å². The van der Waals surface area contributed by atoms with E-state index in [0.717, 1.165) is 18.9 Å². The van der Waals surface area contributed by atoms with E-state index in [1.807, 2.05) is 4.90 Å². The first-order valence-electron chi connectivity index (χ1n) is 9.57. The molecule has 0 saturated carbocycles. The van der Waals surface area contributed by atoms with Gasteiger partial charge in [0.25, 0.3) is 0 Å². The third-order valence-corrected chi connectivity index (χ3v) is 6.01. The fourth-order valence-electron chi connectivity index (χ4n) is 4.50. The van der Waals surface area contributed by atoms with Crippen LogP contribution in [-0.2, 0) is 16.0 Å². The Morgan fingerprint density at radius 2 is 1.68 bits per heavy atom. The van der Waals surface area contributed by atoms with Gasteiger partial charge < -0.3 is 15.5 Å². The second-order valence-electron chi connectivity index (χ2n) is 8.11. The summed E-state index contributed by atoms with van der Waals surface area (Å²) in [7, 11) is 3.24. The average Bonchev–Trinajstić information content (AvgIpc) is 2.89. The lowest BCUT2D eigenvalue weighted by Crippen LogP contribution is -2.51. The van der Waals surface area contributed by atoms with Crippen molar-refractivity contribution in [2.45, 2.75) is 56.7 Å². The van der Waals surface area contributed by atoms with E-state index in [-0.39, 0.29) is 48.2 Å². The van der Waals surface area contributed by atoms with Crippen LogP contribution in [0.5, 0.6) is 0 Å². The highest BCUT2D eigenvalue weighted by molar-refractivity contribution is 5.97. The van der Waals surface area contributed by atoms with E-state index in [2.05, 4.69) is 0 Å². The Kier molecular flexibility index (Phi) is 5.98. The highest BCUT2D eigenvalue weighted by Gasteiger charge is 2.44. The molecular weight excluding hydrogens is 371 g/mol. The highest BCUT2D eigenvalue weighted by Crippen LogP contribution is 2.40. The smallest absolute Gasteiger partial charge is 0.232 e. The zero-order valence-corrected chi connectivity index (χ0v) is 16.1. The molecule has 2 amide bonds. The third-order valence-electron chi connectivity index (χ3n) is 6.01. The molecule has 4 atom stereocenters. The van der Waals surface area contributed by atoms with Gasteiger partial charge in [-0.15, -0.1) is 0 Å². The summed E-state index contributed by atoms with van der Waals surface area (Å²) in [5, 5.41) is 0. The maximum atomic E-state index is 13.9. The van der Waals surface area contributed by atoms with Crippen LogP contribution in [0.1, 0.15) is 37.7 Å². The Bertz CT molecular complexity index is 757. The quantitative estimate of drug-likeness (QED) is 0.612. The van der Waals surface area contributed by atoms with Crippen LogP contribution in [0.3, 0.4) is 0 Å². The maximum Gasteiger partial charge on any atom is 0.232 e. The molecule has 0 spiro atoms. The molecule has 0 aromatic heterocycles. The minimum absolute atomic E-state index is 0.0204. The van der Waals surface area contributed by atoms with Gasteiger partial charge in [-0.05, 0) is 49.7 Å². The second-order valence-corrected chi connectivity index (χ2v) is 8.11. The molecule has 2 aliphatic heterocycles. The molecule has 2 heterocycles. The van der Waals surface area contributed by atoms with Crippen molar-refractivity contribution < 1.29 is 22.8 Å². The highest BCUT2D eigenvalue weighted by atomic mass is 19.2. The second kappa shape index (κ2) is 8.11. The van der Waals surface area contributed by atoms with E-state index < -0.39 is 23.5 Å². The first kappa shape index (κ1) is 20.6. The molecule has 2 aliphatic rings. The zero-order chi connectivity index (χ0) is 20.6. The fraction of sp³-hybridized carbons (Fsp3) is 0.600. The minimum atomic E-state index is -1.22. The maximum absolute atomic E-state index is 13.9. The topological polar surface area (TPSA) is 66.6 Å². The number of carbonyl (C=O) groups is 2. The number of nitrogens with two attached hydrogens (primary N) is 1. The minimum Gasteiger partial charge on any atom is -0.348 e. The monoisotopic (exact) mass is 397 g/mol. The molecule has 2 bridgehead atoms. The van der Waals surface area contributed by atoms with Gasteiger partial charge in [0, 0.05) is 38.3 Å². The Balaban J connectivity index is 1.64. The summed E-state index contributed by atoms with van der Waals surface area (Å²) in [6.45, 7) is 0. The van der Waals surface area contributed by atoms with Crippen molar-refractivity contribution in [1.29, 1.82) is 0 Å². The molecule has 2 fully saturated rings. The van der Waals surface area contributed by atoms with E-state index in [4.69, 9.17) is 5.73 Å². The number of hydrogen-bond donors (Lipinski definition) is 1. The molecule has 2 saturated heterocycles.